The molecular formula is C15H17BrFN3O. The van der Waals surface area contributed by atoms with E-state index in [1.165, 1.54) is 12.1 Å². The molecule has 0 bridgehead atoms. The van der Waals surface area contributed by atoms with Gasteiger partial charge in [0.2, 0.25) is 0 Å². The van der Waals surface area contributed by atoms with Gasteiger partial charge in [-0.25, -0.2) is 14.4 Å². The third kappa shape index (κ3) is 5.40. The summed E-state index contributed by atoms with van der Waals surface area (Å²) >= 11 is 3.21. The topological polar surface area (TPSA) is 47.0 Å². The molecule has 0 aliphatic rings. The summed E-state index contributed by atoms with van der Waals surface area (Å²) in [5.41, 5.74) is 0.987. The second-order valence-electron chi connectivity index (χ2n) is 5.68. The Morgan fingerprint density at radius 1 is 1.19 bits per heavy atom. The van der Waals surface area contributed by atoms with E-state index < -0.39 is 0 Å². The molecule has 4 nitrogen and oxygen atoms in total. The monoisotopic (exact) mass is 353 g/mol. The van der Waals surface area contributed by atoms with Crippen molar-refractivity contribution in [3.63, 3.8) is 0 Å². The lowest BCUT2D eigenvalue weighted by molar-refractivity contribution is 0.419. The smallest absolute Gasteiger partial charge is 0.321 e. The minimum absolute atomic E-state index is 0.0308. The molecule has 1 heterocycles. The van der Waals surface area contributed by atoms with Gasteiger partial charge in [-0.05, 0) is 32.9 Å². The van der Waals surface area contributed by atoms with Crippen molar-refractivity contribution < 1.29 is 9.13 Å². The number of rotatable bonds is 4. The van der Waals surface area contributed by atoms with Crippen molar-refractivity contribution in [3.8, 4) is 11.8 Å². The van der Waals surface area contributed by atoms with Crippen molar-refractivity contribution in [3.05, 3.63) is 46.4 Å². The SMILES string of the molecule is CC(C)(C)NCc1cnc(Oc2cc(F)cc(Br)c2)nc1. The van der Waals surface area contributed by atoms with Crippen LogP contribution < -0.4 is 10.1 Å². The van der Waals surface area contributed by atoms with Crippen LogP contribution in [-0.2, 0) is 6.54 Å². The van der Waals surface area contributed by atoms with Gasteiger partial charge in [-0.15, -0.1) is 0 Å². The molecule has 6 heteroatoms. The standard InChI is InChI=1S/C15H17BrFN3O/c1-15(2,3)20-9-10-7-18-14(19-8-10)21-13-5-11(16)4-12(17)6-13/h4-8,20H,9H2,1-3H3. The van der Waals surface area contributed by atoms with Gasteiger partial charge in [0.05, 0.1) is 0 Å². The Kier molecular flexibility index (Phi) is 4.90. The van der Waals surface area contributed by atoms with Crippen molar-refractivity contribution in [2.45, 2.75) is 32.9 Å². The maximum absolute atomic E-state index is 13.2. The number of halogens is 2. The summed E-state index contributed by atoms with van der Waals surface area (Å²) in [4.78, 5) is 8.25. The Balaban J connectivity index is 2.02. The lowest BCUT2D eigenvalue weighted by Gasteiger charge is -2.20. The summed E-state index contributed by atoms with van der Waals surface area (Å²) in [5, 5.41) is 3.35. The molecule has 1 N–H and O–H groups in total. The van der Waals surface area contributed by atoms with E-state index in [0.717, 1.165) is 5.56 Å². The van der Waals surface area contributed by atoms with Crippen LogP contribution in [0.15, 0.2) is 35.1 Å². The summed E-state index contributed by atoms with van der Waals surface area (Å²) < 4.78 is 19.3. The van der Waals surface area contributed by atoms with Gasteiger partial charge in [-0.2, -0.15) is 0 Å². The van der Waals surface area contributed by atoms with Crippen LogP contribution in [-0.4, -0.2) is 15.5 Å². The fourth-order valence-electron chi connectivity index (χ4n) is 1.55. The normalized spacial score (nSPS) is 11.5. The van der Waals surface area contributed by atoms with Gasteiger partial charge in [0.1, 0.15) is 11.6 Å². The minimum Gasteiger partial charge on any atom is -0.424 e. The lowest BCUT2D eigenvalue weighted by Crippen LogP contribution is -2.35. The molecule has 112 valence electrons. The van der Waals surface area contributed by atoms with Gasteiger partial charge in [0.15, 0.2) is 0 Å². The highest BCUT2D eigenvalue weighted by Gasteiger charge is 2.09. The Morgan fingerprint density at radius 2 is 1.86 bits per heavy atom. The maximum atomic E-state index is 13.2. The van der Waals surface area contributed by atoms with Crippen LogP contribution in [0.1, 0.15) is 26.3 Å². The van der Waals surface area contributed by atoms with Gasteiger partial charge >= 0.3 is 6.01 Å². The fraction of sp³-hybridized carbons (Fsp3) is 0.333. The van der Waals surface area contributed by atoms with Crippen molar-refractivity contribution in [1.82, 2.24) is 15.3 Å². The van der Waals surface area contributed by atoms with Gasteiger partial charge in [0.25, 0.3) is 0 Å². The zero-order chi connectivity index (χ0) is 15.5. The van der Waals surface area contributed by atoms with E-state index in [4.69, 9.17) is 4.74 Å². The van der Waals surface area contributed by atoms with Gasteiger partial charge < -0.3 is 10.1 Å². The predicted octanol–water partition coefficient (Wildman–Crippen LogP) is 4.06. The third-order valence-corrected chi connectivity index (χ3v) is 3.01. The Labute approximate surface area is 131 Å². The molecule has 0 aliphatic heterocycles. The van der Waals surface area contributed by atoms with Gasteiger partial charge in [0, 0.05) is 40.6 Å². The molecule has 0 amide bonds. The molecule has 0 fully saturated rings. The summed E-state index contributed by atoms with van der Waals surface area (Å²) in [6.07, 6.45) is 3.38. The highest BCUT2D eigenvalue weighted by molar-refractivity contribution is 9.10. The molecule has 0 saturated heterocycles. The summed E-state index contributed by atoms with van der Waals surface area (Å²) in [5.74, 6) is -0.0344. The average Bonchev–Trinajstić information content (AvgIpc) is 2.36. The highest BCUT2D eigenvalue weighted by Crippen LogP contribution is 2.23. The first kappa shape index (κ1) is 15.9. The quantitative estimate of drug-likeness (QED) is 0.900. The molecule has 0 aliphatic carbocycles. The highest BCUT2D eigenvalue weighted by atomic mass is 79.9. The van der Waals surface area contributed by atoms with E-state index in [1.54, 1.807) is 18.5 Å². The van der Waals surface area contributed by atoms with Crippen molar-refractivity contribution >= 4 is 15.9 Å². The fourth-order valence-corrected chi connectivity index (χ4v) is 1.99. The van der Waals surface area contributed by atoms with E-state index in [-0.39, 0.29) is 17.4 Å². The molecule has 1 aromatic heterocycles. The predicted molar refractivity (Wildman–Crippen MR) is 82.8 cm³/mol. The molecule has 0 radical (unpaired) electrons. The lowest BCUT2D eigenvalue weighted by atomic mass is 10.1. The minimum atomic E-state index is -0.384. The first-order valence-corrected chi connectivity index (χ1v) is 7.31. The number of aromatic nitrogens is 2. The van der Waals surface area contributed by atoms with Crippen LogP contribution in [0, 0.1) is 5.82 Å². The van der Waals surface area contributed by atoms with Gasteiger partial charge in [-0.1, -0.05) is 15.9 Å². The molecule has 2 rings (SSSR count). The number of ether oxygens (including phenoxy) is 1. The van der Waals surface area contributed by atoms with E-state index in [9.17, 15) is 4.39 Å². The first-order chi connectivity index (χ1) is 9.82. The number of nitrogens with one attached hydrogen (secondary N) is 1. The number of hydrogen-bond donors (Lipinski definition) is 1. The molecule has 21 heavy (non-hydrogen) atoms. The molecule has 0 spiro atoms. The first-order valence-electron chi connectivity index (χ1n) is 6.52. The van der Waals surface area contributed by atoms with Crippen LogP contribution in [0.25, 0.3) is 0 Å². The Bertz CT molecular complexity index is 591. The number of benzene rings is 1. The summed E-state index contributed by atoms with van der Waals surface area (Å²) in [6.45, 7) is 6.95. The molecular weight excluding hydrogens is 337 g/mol. The summed E-state index contributed by atoms with van der Waals surface area (Å²) in [6, 6.07) is 4.48. The zero-order valence-electron chi connectivity index (χ0n) is 12.2. The molecule has 0 saturated carbocycles. The molecule has 0 atom stereocenters. The molecule has 0 unspecified atom stereocenters. The van der Waals surface area contributed by atoms with Gasteiger partial charge in [-0.3, -0.25) is 0 Å². The van der Waals surface area contributed by atoms with E-state index in [2.05, 4.69) is 52.0 Å². The summed E-state index contributed by atoms with van der Waals surface area (Å²) in [7, 11) is 0. The van der Waals surface area contributed by atoms with Crippen LogP contribution in [0.5, 0.6) is 11.8 Å². The second kappa shape index (κ2) is 6.49. The van der Waals surface area contributed by atoms with Crippen LogP contribution in [0.3, 0.4) is 0 Å². The second-order valence-corrected chi connectivity index (χ2v) is 6.60. The van der Waals surface area contributed by atoms with Crippen molar-refractivity contribution in [1.29, 1.82) is 0 Å². The Hall–Kier alpha value is -1.53. The molecule has 2 aromatic rings. The van der Waals surface area contributed by atoms with Crippen LogP contribution in [0.2, 0.25) is 0 Å². The van der Waals surface area contributed by atoms with E-state index >= 15 is 0 Å². The maximum Gasteiger partial charge on any atom is 0.321 e. The van der Waals surface area contributed by atoms with E-state index in [1.807, 2.05) is 0 Å². The van der Waals surface area contributed by atoms with E-state index in [0.29, 0.717) is 16.8 Å². The number of nitrogens with zero attached hydrogens (tertiary/aromatic N) is 2. The zero-order valence-corrected chi connectivity index (χ0v) is 13.7. The third-order valence-electron chi connectivity index (χ3n) is 2.55. The Morgan fingerprint density at radius 3 is 2.43 bits per heavy atom. The largest absolute Gasteiger partial charge is 0.424 e. The van der Waals surface area contributed by atoms with Crippen molar-refractivity contribution in [2.24, 2.45) is 0 Å². The van der Waals surface area contributed by atoms with Crippen LogP contribution in [0.4, 0.5) is 4.39 Å². The number of hydrogen-bond acceptors (Lipinski definition) is 4. The van der Waals surface area contributed by atoms with Crippen molar-refractivity contribution in [2.75, 3.05) is 0 Å². The molecule has 1 aromatic carbocycles. The van der Waals surface area contributed by atoms with Crippen LogP contribution >= 0.6 is 15.9 Å². The average molecular weight is 354 g/mol.